The van der Waals surface area contributed by atoms with Gasteiger partial charge in [-0.05, 0) is 104 Å². The van der Waals surface area contributed by atoms with Crippen molar-refractivity contribution >= 4 is 47.3 Å². The second kappa shape index (κ2) is 25.4. The predicted molar refractivity (Wildman–Crippen MR) is 284 cm³/mol. The van der Waals surface area contributed by atoms with Crippen molar-refractivity contribution in [2.24, 2.45) is 5.92 Å². The standard InChI is InChI=1S/C58H64N8O10/c1-8-74-54(69)46(61-52(67)48(30-45-31-59-35-60-45)63-57(72)76-58(4,5)6)16-12-15-39-23-25-49-43(27-39)32-65-36-66(49)33-44-28-40(24-26-50(44)65)20-17-38-18-21-41(22-19-38)29-47(53(68)64-51(37(2)3)55(70)73-7)62-56(71)75-34-42-13-10-9-11-14-42/h9-11,13-14,18-19,21-28,31,35,37,46-48,51H,8,16,29-30,32-34,36H2,1-7H3,(H,59,60)(H,61,67)(H,62,71)(H,63,72)(H,64,68)/t46-,47-,48-,51-/m0/s1. The summed E-state index contributed by atoms with van der Waals surface area (Å²) in [5.41, 5.74) is 8.11. The highest BCUT2D eigenvalue weighted by Gasteiger charge is 2.33. The summed E-state index contributed by atoms with van der Waals surface area (Å²) in [4.78, 5) is 90.0. The number of alkyl carbamates (subject to hydrolysis) is 2. The van der Waals surface area contributed by atoms with Gasteiger partial charge in [-0.25, -0.2) is 24.2 Å². The van der Waals surface area contributed by atoms with Crippen molar-refractivity contribution in [3.63, 3.8) is 0 Å². The molecule has 0 unspecified atom stereocenters. The topological polar surface area (TPSA) is 223 Å². The third-order valence-electron chi connectivity index (χ3n) is 12.3. The number of aromatic amines is 1. The third-order valence-corrected chi connectivity index (χ3v) is 12.3. The highest BCUT2D eigenvalue weighted by Crippen LogP contribution is 2.38. The van der Waals surface area contributed by atoms with E-state index in [2.05, 4.69) is 82.9 Å². The van der Waals surface area contributed by atoms with E-state index >= 15 is 0 Å². The molecule has 0 fully saturated rings. The average Bonchev–Trinajstić information content (AvgIpc) is 3.91. The van der Waals surface area contributed by atoms with Crippen molar-refractivity contribution in [1.82, 2.24) is 31.2 Å². The Kier molecular flexibility index (Phi) is 18.4. The number of carbonyl (C=O) groups is 6. The molecule has 4 atom stereocenters. The third kappa shape index (κ3) is 15.4. The van der Waals surface area contributed by atoms with Gasteiger partial charge in [-0.2, -0.15) is 0 Å². The monoisotopic (exact) mass is 1030 g/mol. The van der Waals surface area contributed by atoms with Crippen LogP contribution in [0, 0.1) is 29.6 Å². The first kappa shape index (κ1) is 55.0. The highest BCUT2D eigenvalue weighted by atomic mass is 16.6. The van der Waals surface area contributed by atoms with Gasteiger partial charge in [0, 0.05) is 72.3 Å². The Morgan fingerprint density at radius 1 is 0.684 bits per heavy atom. The summed E-state index contributed by atoms with van der Waals surface area (Å²) in [6, 6.07) is 24.7. The van der Waals surface area contributed by atoms with Crippen molar-refractivity contribution in [1.29, 1.82) is 0 Å². The zero-order valence-electron chi connectivity index (χ0n) is 43.8. The zero-order valence-corrected chi connectivity index (χ0v) is 43.8. The van der Waals surface area contributed by atoms with Crippen molar-refractivity contribution in [3.05, 3.63) is 148 Å². The van der Waals surface area contributed by atoms with Crippen LogP contribution >= 0.6 is 0 Å². The molecule has 4 amide bonds. The van der Waals surface area contributed by atoms with Crippen LogP contribution in [0.15, 0.2) is 104 Å². The maximum absolute atomic E-state index is 13.6. The fourth-order valence-corrected chi connectivity index (χ4v) is 8.57. The number of rotatable bonds is 17. The Labute approximate surface area is 443 Å². The number of nitrogens with one attached hydrogen (secondary N) is 5. The van der Waals surface area contributed by atoms with Gasteiger partial charge >= 0.3 is 24.1 Å². The van der Waals surface area contributed by atoms with Crippen LogP contribution in [0.5, 0.6) is 0 Å². The molecule has 18 heteroatoms. The van der Waals surface area contributed by atoms with Crippen molar-refractivity contribution in [2.75, 3.05) is 30.2 Å². The predicted octanol–water partition coefficient (Wildman–Crippen LogP) is 6.18. The van der Waals surface area contributed by atoms with Crippen molar-refractivity contribution in [3.8, 4) is 23.7 Å². The summed E-state index contributed by atoms with van der Waals surface area (Å²) in [5.74, 6) is 10.1. The SMILES string of the molecule is CCOC(=O)[C@H](CC#Cc1ccc2c(c1)CN1CN2Cc2cc(C#Cc3ccc(C[C@H](NC(=O)OCc4ccccc4)C(=O)N[C@H](C(=O)OC)C(C)C)cc3)ccc21)NC(=O)[C@H](Cc1cnc[nH]1)NC(=O)OC(C)(C)C. The molecule has 7 rings (SSSR count). The number of hydrogen-bond acceptors (Lipinski definition) is 13. The molecule has 0 saturated carbocycles. The summed E-state index contributed by atoms with van der Waals surface area (Å²) in [7, 11) is 1.26. The van der Waals surface area contributed by atoms with E-state index in [9.17, 15) is 28.8 Å². The normalized spacial score (nSPS) is 13.8. The molecule has 4 aromatic carbocycles. The molecule has 5 aromatic rings. The zero-order chi connectivity index (χ0) is 54.4. The van der Waals surface area contributed by atoms with Crippen LogP contribution in [-0.2, 0) is 70.7 Å². The Balaban J connectivity index is 0.984. The Hall–Kier alpha value is -8.77. The van der Waals surface area contributed by atoms with E-state index in [1.54, 1.807) is 47.7 Å². The summed E-state index contributed by atoms with van der Waals surface area (Å²) in [6.45, 7) is 12.5. The summed E-state index contributed by atoms with van der Waals surface area (Å²) in [5, 5.41) is 10.8. The Bertz CT molecular complexity index is 3000. The van der Waals surface area contributed by atoms with Crippen LogP contribution in [0.4, 0.5) is 21.0 Å². The van der Waals surface area contributed by atoms with Gasteiger partial charge in [0.15, 0.2) is 0 Å². The average molecular weight is 1030 g/mol. The molecular weight excluding hydrogens is 969 g/mol. The molecule has 0 aliphatic carbocycles. The molecule has 2 bridgehead atoms. The Morgan fingerprint density at radius 3 is 1.89 bits per heavy atom. The van der Waals surface area contributed by atoms with Gasteiger partial charge in [0.25, 0.3) is 0 Å². The lowest BCUT2D eigenvalue weighted by Gasteiger charge is -2.44. The number of methoxy groups -OCH3 is 1. The second-order valence-corrected chi connectivity index (χ2v) is 19.7. The maximum atomic E-state index is 13.6. The summed E-state index contributed by atoms with van der Waals surface area (Å²) in [6.07, 6.45) is 1.60. The van der Waals surface area contributed by atoms with Crippen molar-refractivity contribution in [2.45, 2.75) is 110 Å². The van der Waals surface area contributed by atoms with Gasteiger partial charge < -0.3 is 55.0 Å². The molecule has 0 spiro atoms. The number of hydrogen-bond donors (Lipinski definition) is 5. The molecule has 3 heterocycles. The van der Waals surface area contributed by atoms with Crippen molar-refractivity contribution < 1.29 is 47.7 Å². The highest BCUT2D eigenvalue weighted by molar-refractivity contribution is 5.91. The Morgan fingerprint density at radius 2 is 1.29 bits per heavy atom. The van der Waals surface area contributed by atoms with Gasteiger partial charge in [-0.3, -0.25) is 9.59 Å². The molecule has 18 nitrogen and oxygen atoms in total. The number of imidazole rings is 1. The first-order valence-corrected chi connectivity index (χ1v) is 25.1. The number of ether oxygens (including phenoxy) is 4. The van der Waals surface area contributed by atoms with Crippen LogP contribution in [0.25, 0.3) is 0 Å². The van der Waals surface area contributed by atoms with E-state index in [-0.39, 0.29) is 38.4 Å². The first-order chi connectivity index (χ1) is 36.4. The molecule has 1 aromatic heterocycles. The number of amides is 4. The van der Waals surface area contributed by atoms with E-state index in [0.29, 0.717) is 25.5 Å². The maximum Gasteiger partial charge on any atom is 0.408 e. The van der Waals surface area contributed by atoms with Gasteiger partial charge in [-0.1, -0.05) is 80.0 Å². The van der Waals surface area contributed by atoms with Gasteiger partial charge in [0.1, 0.15) is 36.4 Å². The number of anilines is 2. The molecule has 2 aliphatic heterocycles. The van der Waals surface area contributed by atoms with Crippen LogP contribution in [0.3, 0.4) is 0 Å². The van der Waals surface area contributed by atoms with E-state index in [4.69, 9.17) is 18.9 Å². The van der Waals surface area contributed by atoms with E-state index < -0.39 is 65.7 Å². The number of benzene rings is 4. The number of nitrogens with zero attached hydrogens (tertiary/aromatic N) is 3. The van der Waals surface area contributed by atoms with Gasteiger partial charge in [0.2, 0.25) is 11.8 Å². The first-order valence-electron chi connectivity index (χ1n) is 25.1. The van der Waals surface area contributed by atoms with Crippen LogP contribution in [-0.4, -0.2) is 96.1 Å². The van der Waals surface area contributed by atoms with Crippen LogP contribution in [0.1, 0.15) is 92.6 Å². The number of esters is 2. The lowest BCUT2D eigenvalue weighted by molar-refractivity contribution is -0.147. The lowest BCUT2D eigenvalue weighted by Crippen LogP contribution is -2.54. The van der Waals surface area contributed by atoms with Gasteiger partial charge in [0.05, 0.1) is 26.7 Å². The quantitative estimate of drug-likeness (QED) is 0.0399. The van der Waals surface area contributed by atoms with E-state index in [1.807, 2.05) is 72.8 Å². The minimum absolute atomic E-state index is 0.0188. The number of H-pyrrole nitrogens is 1. The second-order valence-electron chi connectivity index (χ2n) is 19.7. The molecular formula is C58H64N8O10. The molecule has 396 valence electrons. The minimum Gasteiger partial charge on any atom is -0.467 e. The van der Waals surface area contributed by atoms with Crippen LogP contribution < -0.4 is 31.1 Å². The summed E-state index contributed by atoms with van der Waals surface area (Å²) < 4.78 is 21.0. The minimum atomic E-state index is -1.11. The van der Waals surface area contributed by atoms with Gasteiger partial charge in [-0.15, -0.1) is 0 Å². The summed E-state index contributed by atoms with van der Waals surface area (Å²) >= 11 is 0. The number of aromatic nitrogens is 2. The van der Waals surface area contributed by atoms with E-state index in [1.165, 1.54) is 13.4 Å². The fourth-order valence-electron chi connectivity index (χ4n) is 8.57. The molecule has 76 heavy (non-hydrogen) atoms. The number of fused-ring (bicyclic) bond motifs is 6. The molecule has 0 saturated heterocycles. The fraction of sp³-hybridized carbons (Fsp3) is 0.362. The van der Waals surface area contributed by atoms with Crippen LogP contribution in [0.2, 0.25) is 0 Å². The molecule has 0 radical (unpaired) electrons. The molecule has 2 aliphatic rings. The lowest BCUT2D eigenvalue weighted by atomic mass is 9.98. The largest absolute Gasteiger partial charge is 0.467 e. The molecule has 5 N–H and O–H groups in total. The smallest absolute Gasteiger partial charge is 0.408 e. The number of carbonyl (C=O) groups excluding carboxylic acids is 6. The van der Waals surface area contributed by atoms with E-state index in [0.717, 1.165) is 50.3 Å².